The summed E-state index contributed by atoms with van der Waals surface area (Å²) < 4.78 is 11.8. The van der Waals surface area contributed by atoms with Crippen LogP contribution >= 0.6 is 0 Å². The van der Waals surface area contributed by atoms with E-state index in [2.05, 4.69) is 26.1 Å². The second-order valence-electron chi connectivity index (χ2n) is 5.37. The Balaban J connectivity index is 2.23. The van der Waals surface area contributed by atoms with Gasteiger partial charge in [-0.1, -0.05) is 20.8 Å². The lowest BCUT2D eigenvalue weighted by atomic mass is 9.85. The molecule has 1 saturated heterocycles. The SMILES string of the molecule is CC[Si](CC)(CC)O[C@@]1(C)C(=O)N[C@H]1c1ccco1. The number of hydrogen-bond donors (Lipinski definition) is 1. The van der Waals surface area contributed by atoms with Gasteiger partial charge in [-0.15, -0.1) is 0 Å². The van der Waals surface area contributed by atoms with Gasteiger partial charge in [-0.3, -0.25) is 4.79 Å². The average Bonchev–Trinajstić information content (AvgIpc) is 2.95. The van der Waals surface area contributed by atoms with Crippen molar-refractivity contribution in [3.63, 3.8) is 0 Å². The van der Waals surface area contributed by atoms with Crippen molar-refractivity contribution in [3.05, 3.63) is 24.2 Å². The van der Waals surface area contributed by atoms with Gasteiger partial charge >= 0.3 is 0 Å². The molecule has 1 N–H and O–H groups in total. The van der Waals surface area contributed by atoms with Gasteiger partial charge in [-0.2, -0.15) is 0 Å². The molecule has 19 heavy (non-hydrogen) atoms. The first-order valence-electron chi connectivity index (χ1n) is 7.06. The number of rotatable bonds is 6. The van der Waals surface area contributed by atoms with Crippen molar-refractivity contribution in [2.45, 2.75) is 57.5 Å². The van der Waals surface area contributed by atoms with Gasteiger partial charge in [0.15, 0.2) is 13.9 Å². The zero-order valence-corrected chi connectivity index (χ0v) is 13.2. The predicted octanol–water partition coefficient (Wildman–Crippen LogP) is 3.23. The van der Waals surface area contributed by atoms with E-state index in [0.29, 0.717) is 0 Å². The highest BCUT2D eigenvalue weighted by molar-refractivity contribution is 6.73. The van der Waals surface area contributed by atoms with Crippen LogP contribution in [-0.4, -0.2) is 19.8 Å². The van der Waals surface area contributed by atoms with Gasteiger partial charge in [0.1, 0.15) is 11.8 Å². The number of hydrogen-bond acceptors (Lipinski definition) is 3. The molecule has 1 aliphatic heterocycles. The largest absolute Gasteiger partial charge is 0.467 e. The van der Waals surface area contributed by atoms with E-state index < -0.39 is 13.9 Å². The van der Waals surface area contributed by atoms with Crippen LogP contribution in [0.4, 0.5) is 0 Å². The molecular weight excluding hydrogens is 258 g/mol. The minimum absolute atomic E-state index is 0.0267. The minimum atomic E-state index is -1.82. The second-order valence-corrected chi connectivity index (χ2v) is 10.1. The minimum Gasteiger partial charge on any atom is -0.467 e. The van der Waals surface area contributed by atoms with Crippen LogP contribution in [0.15, 0.2) is 22.8 Å². The number of nitrogens with one attached hydrogen (secondary N) is 1. The summed E-state index contributed by atoms with van der Waals surface area (Å²) in [6.07, 6.45) is 1.63. The van der Waals surface area contributed by atoms with Gasteiger partial charge in [0, 0.05) is 0 Å². The number of furan rings is 1. The maximum absolute atomic E-state index is 12.0. The van der Waals surface area contributed by atoms with E-state index in [1.807, 2.05) is 19.1 Å². The highest BCUT2D eigenvalue weighted by Crippen LogP contribution is 2.41. The van der Waals surface area contributed by atoms with Gasteiger partial charge in [0.05, 0.1) is 6.26 Å². The van der Waals surface area contributed by atoms with Crippen molar-refractivity contribution >= 4 is 14.2 Å². The van der Waals surface area contributed by atoms with Crippen molar-refractivity contribution in [2.24, 2.45) is 0 Å². The zero-order chi connectivity index (χ0) is 14.1. The predicted molar refractivity (Wildman–Crippen MR) is 76.3 cm³/mol. The van der Waals surface area contributed by atoms with Crippen molar-refractivity contribution < 1.29 is 13.6 Å². The number of amides is 1. The molecule has 2 rings (SSSR count). The molecule has 0 bridgehead atoms. The molecule has 1 fully saturated rings. The zero-order valence-electron chi connectivity index (χ0n) is 12.2. The van der Waals surface area contributed by atoms with Crippen molar-refractivity contribution in [3.8, 4) is 0 Å². The summed E-state index contributed by atoms with van der Waals surface area (Å²) in [5.74, 6) is 0.745. The van der Waals surface area contributed by atoms with Crippen LogP contribution in [0.2, 0.25) is 18.1 Å². The molecule has 106 valence electrons. The molecule has 0 saturated carbocycles. The lowest BCUT2D eigenvalue weighted by Gasteiger charge is -2.49. The molecule has 2 atom stereocenters. The first-order valence-corrected chi connectivity index (χ1v) is 9.59. The fourth-order valence-corrected chi connectivity index (χ4v) is 5.83. The lowest BCUT2D eigenvalue weighted by Crippen LogP contribution is -2.69. The summed E-state index contributed by atoms with van der Waals surface area (Å²) in [7, 11) is -1.82. The van der Waals surface area contributed by atoms with Gasteiger partial charge in [-0.25, -0.2) is 0 Å². The molecule has 0 aromatic carbocycles. The summed E-state index contributed by atoms with van der Waals surface area (Å²) in [5, 5.41) is 2.90. The Bertz CT molecular complexity index is 433. The molecule has 1 aliphatic rings. The first kappa shape index (κ1) is 14.3. The van der Waals surface area contributed by atoms with Crippen LogP contribution in [0, 0.1) is 0 Å². The molecule has 4 nitrogen and oxygen atoms in total. The van der Waals surface area contributed by atoms with Crippen LogP contribution in [0.25, 0.3) is 0 Å². The van der Waals surface area contributed by atoms with Crippen LogP contribution in [-0.2, 0) is 9.22 Å². The third-order valence-electron chi connectivity index (χ3n) is 4.47. The third-order valence-corrected chi connectivity index (χ3v) is 9.19. The molecule has 0 unspecified atom stereocenters. The Morgan fingerprint density at radius 3 is 2.42 bits per heavy atom. The summed E-state index contributed by atoms with van der Waals surface area (Å²) in [6, 6.07) is 6.67. The highest BCUT2D eigenvalue weighted by Gasteiger charge is 2.57. The molecule has 2 heterocycles. The third kappa shape index (κ3) is 2.25. The molecule has 0 radical (unpaired) electrons. The molecular formula is C14H23NO3Si. The Kier molecular flexibility index (Phi) is 3.87. The lowest BCUT2D eigenvalue weighted by molar-refractivity contribution is -0.156. The fraction of sp³-hybridized carbons (Fsp3) is 0.643. The van der Waals surface area contributed by atoms with Gasteiger partial charge in [0.25, 0.3) is 5.91 Å². The Morgan fingerprint density at radius 2 is 2.00 bits per heavy atom. The average molecular weight is 281 g/mol. The summed E-state index contributed by atoms with van der Waals surface area (Å²) in [6.45, 7) is 8.39. The number of carbonyl (C=O) groups is 1. The monoisotopic (exact) mass is 281 g/mol. The van der Waals surface area contributed by atoms with E-state index in [4.69, 9.17) is 8.84 Å². The van der Waals surface area contributed by atoms with Crippen LogP contribution in [0.5, 0.6) is 0 Å². The molecule has 1 amide bonds. The van der Waals surface area contributed by atoms with Gasteiger partial charge < -0.3 is 14.2 Å². The maximum Gasteiger partial charge on any atom is 0.254 e. The standard InChI is InChI=1S/C14H23NO3Si/c1-5-19(6-2,7-3)18-14(4)12(15-13(14)16)11-9-8-10-17-11/h8-10,12H,5-7H2,1-4H3,(H,15,16)/t12-,14+/m0/s1. The summed E-state index contributed by atoms with van der Waals surface area (Å²) >= 11 is 0. The van der Waals surface area contributed by atoms with E-state index in [1.165, 1.54) is 0 Å². The summed E-state index contributed by atoms with van der Waals surface area (Å²) in [5.41, 5.74) is -0.772. The van der Waals surface area contributed by atoms with Gasteiger partial charge in [0.2, 0.25) is 0 Å². The quantitative estimate of drug-likeness (QED) is 0.643. The molecule has 0 spiro atoms. The van der Waals surface area contributed by atoms with Crippen molar-refractivity contribution in [1.29, 1.82) is 0 Å². The van der Waals surface area contributed by atoms with Crippen LogP contribution < -0.4 is 5.32 Å². The maximum atomic E-state index is 12.0. The van der Waals surface area contributed by atoms with Crippen molar-refractivity contribution in [1.82, 2.24) is 5.32 Å². The highest BCUT2D eigenvalue weighted by atomic mass is 28.4. The second kappa shape index (κ2) is 5.13. The number of carbonyl (C=O) groups excluding carboxylic acids is 1. The molecule has 5 heteroatoms. The Labute approximate surface area is 115 Å². The number of β-lactam (4-membered cyclic amide) rings is 1. The smallest absolute Gasteiger partial charge is 0.254 e. The van der Waals surface area contributed by atoms with E-state index in [-0.39, 0.29) is 11.9 Å². The molecule has 0 aliphatic carbocycles. The van der Waals surface area contributed by atoms with E-state index in [1.54, 1.807) is 6.26 Å². The van der Waals surface area contributed by atoms with Crippen LogP contribution in [0.3, 0.4) is 0 Å². The fourth-order valence-electron chi connectivity index (χ4n) is 2.79. The first-order chi connectivity index (χ1) is 9.01. The summed E-state index contributed by atoms with van der Waals surface area (Å²) in [4.78, 5) is 12.0. The van der Waals surface area contributed by atoms with E-state index in [9.17, 15) is 4.79 Å². The Morgan fingerprint density at radius 1 is 1.37 bits per heavy atom. The van der Waals surface area contributed by atoms with E-state index >= 15 is 0 Å². The normalized spacial score (nSPS) is 26.9. The van der Waals surface area contributed by atoms with Gasteiger partial charge in [-0.05, 0) is 37.2 Å². The molecule has 1 aromatic rings. The van der Waals surface area contributed by atoms with Crippen molar-refractivity contribution in [2.75, 3.05) is 0 Å². The Hall–Kier alpha value is -1.07. The van der Waals surface area contributed by atoms with E-state index in [0.717, 1.165) is 23.9 Å². The topological polar surface area (TPSA) is 51.5 Å². The molecule has 1 aromatic heterocycles. The van der Waals surface area contributed by atoms with Crippen LogP contribution in [0.1, 0.15) is 39.5 Å².